The fourth-order valence-corrected chi connectivity index (χ4v) is 3.70. The molecule has 0 radical (unpaired) electrons. The van der Waals surface area contributed by atoms with Crippen LogP contribution in [-0.4, -0.2) is 35.3 Å². The Morgan fingerprint density at radius 1 is 1.24 bits per heavy atom. The van der Waals surface area contributed by atoms with E-state index in [0.29, 0.717) is 11.1 Å². The first-order valence-electron chi connectivity index (χ1n) is 8.60. The number of hydrogen-bond donors (Lipinski definition) is 2. The standard InChI is InChI=1S/C19H20N4O2/c24-18-15(12-21-22-19(25)13-5-7-20-8-6-13)11-14-3-1-9-23-10-2-4-16(18)17(14)23/h5-8,11-12,24H,1-4,9-10H2,(H,22,25)/b21-12+. The molecule has 0 bridgehead atoms. The second kappa shape index (κ2) is 6.55. The maximum Gasteiger partial charge on any atom is 0.271 e. The molecule has 2 N–H and O–H groups in total. The van der Waals surface area contributed by atoms with Crippen molar-refractivity contribution in [2.45, 2.75) is 25.7 Å². The first-order chi connectivity index (χ1) is 12.2. The van der Waals surface area contributed by atoms with Crippen LogP contribution in [0.1, 0.15) is 39.9 Å². The third-order valence-corrected chi connectivity index (χ3v) is 4.84. The number of nitrogens with one attached hydrogen (secondary N) is 1. The summed E-state index contributed by atoms with van der Waals surface area (Å²) in [4.78, 5) is 18.3. The number of aromatic hydroxyl groups is 1. The summed E-state index contributed by atoms with van der Waals surface area (Å²) < 4.78 is 0. The van der Waals surface area contributed by atoms with Gasteiger partial charge in [-0.1, -0.05) is 0 Å². The molecule has 4 rings (SSSR count). The Labute approximate surface area is 146 Å². The smallest absolute Gasteiger partial charge is 0.271 e. The second-order valence-corrected chi connectivity index (χ2v) is 6.43. The van der Waals surface area contributed by atoms with E-state index in [2.05, 4.69) is 20.4 Å². The summed E-state index contributed by atoms with van der Waals surface area (Å²) in [5, 5.41) is 14.7. The topological polar surface area (TPSA) is 77.8 Å². The third-order valence-electron chi connectivity index (χ3n) is 4.84. The average molecular weight is 336 g/mol. The molecule has 25 heavy (non-hydrogen) atoms. The van der Waals surface area contributed by atoms with Crippen LogP contribution in [0, 0.1) is 0 Å². The minimum Gasteiger partial charge on any atom is -0.507 e. The molecule has 0 spiro atoms. The van der Waals surface area contributed by atoms with E-state index in [0.717, 1.165) is 44.3 Å². The number of carbonyl (C=O) groups is 1. The quantitative estimate of drug-likeness (QED) is 0.666. The molecule has 1 aromatic heterocycles. The maximum atomic E-state index is 12.0. The summed E-state index contributed by atoms with van der Waals surface area (Å²) in [5.74, 6) is -0.0177. The minimum atomic E-state index is -0.302. The van der Waals surface area contributed by atoms with Crippen molar-refractivity contribution in [3.05, 3.63) is 52.8 Å². The Balaban J connectivity index is 1.58. The van der Waals surface area contributed by atoms with Crippen LogP contribution in [0.3, 0.4) is 0 Å². The molecule has 2 aliphatic rings. The molecule has 6 nitrogen and oxygen atoms in total. The molecule has 0 saturated heterocycles. The van der Waals surface area contributed by atoms with Crippen molar-refractivity contribution in [1.82, 2.24) is 10.4 Å². The summed E-state index contributed by atoms with van der Waals surface area (Å²) in [7, 11) is 0. The number of carbonyl (C=O) groups excluding carboxylic acids is 1. The van der Waals surface area contributed by atoms with Crippen LogP contribution in [0.25, 0.3) is 0 Å². The molecule has 0 saturated carbocycles. The number of hydrogen-bond acceptors (Lipinski definition) is 5. The lowest BCUT2D eigenvalue weighted by Crippen LogP contribution is -2.34. The Hall–Kier alpha value is -2.89. The van der Waals surface area contributed by atoms with Crippen LogP contribution in [0.2, 0.25) is 0 Å². The lowest BCUT2D eigenvalue weighted by molar-refractivity contribution is 0.0955. The van der Waals surface area contributed by atoms with Crippen molar-refractivity contribution in [2.24, 2.45) is 5.10 Å². The molecule has 128 valence electrons. The van der Waals surface area contributed by atoms with Crippen molar-refractivity contribution >= 4 is 17.8 Å². The van der Waals surface area contributed by atoms with Crippen molar-refractivity contribution in [2.75, 3.05) is 18.0 Å². The molecule has 0 aliphatic carbocycles. The van der Waals surface area contributed by atoms with E-state index in [-0.39, 0.29) is 11.7 Å². The van der Waals surface area contributed by atoms with Gasteiger partial charge in [0.05, 0.1) is 6.21 Å². The Kier molecular flexibility index (Phi) is 4.09. The number of phenols is 1. The Morgan fingerprint density at radius 3 is 2.80 bits per heavy atom. The molecule has 6 heteroatoms. The second-order valence-electron chi connectivity index (χ2n) is 6.43. The predicted molar refractivity (Wildman–Crippen MR) is 96.3 cm³/mol. The van der Waals surface area contributed by atoms with Gasteiger partial charge in [-0.15, -0.1) is 0 Å². The number of phenolic OH excluding ortho intramolecular Hbond substituents is 1. The molecule has 1 amide bonds. The Bertz CT molecular complexity index is 831. The number of pyridine rings is 1. The highest BCUT2D eigenvalue weighted by Crippen LogP contribution is 2.41. The van der Waals surface area contributed by atoms with E-state index in [1.807, 2.05) is 6.07 Å². The monoisotopic (exact) mass is 336 g/mol. The zero-order chi connectivity index (χ0) is 17.2. The van der Waals surface area contributed by atoms with E-state index in [9.17, 15) is 9.90 Å². The fraction of sp³-hybridized carbons (Fsp3) is 0.316. The van der Waals surface area contributed by atoms with Crippen LogP contribution < -0.4 is 10.3 Å². The number of benzene rings is 1. The molecule has 0 atom stereocenters. The first-order valence-corrected chi connectivity index (χ1v) is 8.60. The maximum absolute atomic E-state index is 12.0. The number of aromatic nitrogens is 1. The Morgan fingerprint density at radius 2 is 2.00 bits per heavy atom. The first kappa shape index (κ1) is 15.6. The van der Waals surface area contributed by atoms with Gasteiger partial charge in [0.15, 0.2) is 0 Å². The summed E-state index contributed by atoms with van der Waals surface area (Å²) in [6.45, 7) is 2.13. The summed E-state index contributed by atoms with van der Waals surface area (Å²) in [5.41, 5.74) is 7.15. The van der Waals surface area contributed by atoms with Gasteiger partial charge in [-0.2, -0.15) is 5.10 Å². The average Bonchev–Trinajstić information content (AvgIpc) is 2.66. The summed E-state index contributed by atoms with van der Waals surface area (Å²) >= 11 is 0. The number of aryl methyl sites for hydroxylation is 1. The molecule has 2 aliphatic heterocycles. The van der Waals surface area contributed by atoms with Crippen LogP contribution in [0.4, 0.5) is 5.69 Å². The molecule has 3 heterocycles. The van der Waals surface area contributed by atoms with Crippen LogP contribution in [0.5, 0.6) is 5.75 Å². The number of anilines is 1. The van der Waals surface area contributed by atoms with Gasteiger partial charge in [0, 0.05) is 47.9 Å². The van der Waals surface area contributed by atoms with Gasteiger partial charge in [-0.05, 0) is 49.4 Å². The summed E-state index contributed by atoms with van der Waals surface area (Å²) in [6.07, 6.45) is 8.73. The van der Waals surface area contributed by atoms with Gasteiger partial charge >= 0.3 is 0 Å². The normalized spacial score (nSPS) is 15.9. The van der Waals surface area contributed by atoms with E-state index in [4.69, 9.17) is 0 Å². The number of nitrogens with zero attached hydrogens (tertiary/aromatic N) is 3. The number of amides is 1. The highest BCUT2D eigenvalue weighted by molar-refractivity contribution is 5.95. The van der Waals surface area contributed by atoms with Gasteiger partial charge in [-0.25, -0.2) is 5.43 Å². The van der Waals surface area contributed by atoms with Gasteiger partial charge in [0.1, 0.15) is 5.75 Å². The lowest BCUT2D eigenvalue weighted by Gasteiger charge is -2.37. The largest absolute Gasteiger partial charge is 0.507 e. The van der Waals surface area contributed by atoms with E-state index < -0.39 is 0 Å². The molecular formula is C19H20N4O2. The van der Waals surface area contributed by atoms with Gasteiger partial charge < -0.3 is 10.0 Å². The van der Waals surface area contributed by atoms with Crippen LogP contribution in [0.15, 0.2) is 35.7 Å². The molecule has 1 aromatic carbocycles. The fourth-order valence-electron chi connectivity index (χ4n) is 3.70. The molecule has 2 aromatic rings. The van der Waals surface area contributed by atoms with Crippen molar-refractivity contribution < 1.29 is 9.90 Å². The van der Waals surface area contributed by atoms with Crippen molar-refractivity contribution in [3.8, 4) is 5.75 Å². The van der Waals surface area contributed by atoms with E-state index in [1.54, 1.807) is 24.5 Å². The van der Waals surface area contributed by atoms with Crippen LogP contribution in [-0.2, 0) is 12.8 Å². The SMILES string of the molecule is O=C(N/N=C/c1cc2c3c(c1O)CCCN3CCC2)c1ccncc1. The predicted octanol–water partition coefficient (Wildman–Crippen LogP) is 2.25. The van der Waals surface area contributed by atoms with Crippen LogP contribution >= 0.6 is 0 Å². The highest BCUT2D eigenvalue weighted by atomic mass is 16.3. The van der Waals surface area contributed by atoms with E-state index >= 15 is 0 Å². The van der Waals surface area contributed by atoms with Gasteiger partial charge in [0.2, 0.25) is 0 Å². The zero-order valence-corrected chi connectivity index (χ0v) is 13.9. The van der Waals surface area contributed by atoms with Gasteiger partial charge in [-0.3, -0.25) is 9.78 Å². The van der Waals surface area contributed by atoms with E-state index in [1.165, 1.54) is 17.5 Å². The molecular weight excluding hydrogens is 316 g/mol. The van der Waals surface area contributed by atoms with Gasteiger partial charge in [0.25, 0.3) is 5.91 Å². The molecule has 0 fully saturated rings. The third kappa shape index (κ3) is 2.95. The number of hydrazone groups is 1. The minimum absolute atomic E-state index is 0.285. The summed E-state index contributed by atoms with van der Waals surface area (Å²) in [6, 6.07) is 5.24. The lowest BCUT2D eigenvalue weighted by atomic mass is 9.89. The number of rotatable bonds is 3. The zero-order valence-electron chi connectivity index (χ0n) is 13.9. The van der Waals surface area contributed by atoms with Crippen molar-refractivity contribution in [3.63, 3.8) is 0 Å². The molecule has 0 unspecified atom stereocenters. The highest BCUT2D eigenvalue weighted by Gasteiger charge is 2.27. The van der Waals surface area contributed by atoms with Crippen molar-refractivity contribution in [1.29, 1.82) is 0 Å².